The summed E-state index contributed by atoms with van der Waals surface area (Å²) in [6, 6.07) is 23.5. The van der Waals surface area contributed by atoms with E-state index in [1.807, 2.05) is 48.5 Å². The van der Waals surface area contributed by atoms with Crippen LogP contribution in [0, 0.1) is 0 Å². The topological polar surface area (TPSA) is 54.5 Å². The number of likely N-dealkylation sites (tertiary alicyclic amines) is 1. The molecule has 0 radical (unpaired) electrons. The van der Waals surface area contributed by atoms with Crippen molar-refractivity contribution >= 4 is 12.0 Å². The fourth-order valence-corrected chi connectivity index (χ4v) is 3.79. The van der Waals surface area contributed by atoms with Crippen LogP contribution in [0.2, 0.25) is 0 Å². The molecule has 0 atom stereocenters. The third kappa shape index (κ3) is 6.53. The van der Waals surface area contributed by atoms with Gasteiger partial charge in [-0.1, -0.05) is 54.6 Å². The number of benzene rings is 2. The minimum Gasteiger partial charge on any atom is -0.490 e. The summed E-state index contributed by atoms with van der Waals surface area (Å²) in [6.07, 6.45) is 8.26. The van der Waals surface area contributed by atoms with E-state index in [0.29, 0.717) is 12.1 Å². The molecule has 1 aromatic heterocycles. The smallest absolute Gasteiger partial charge is 0.251 e. The molecule has 32 heavy (non-hydrogen) atoms. The maximum atomic E-state index is 12.5. The number of hydrogen-bond acceptors (Lipinski definition) is 4. The van der Waals surface area contributed by atoms with Gasteiger partial charge < -0.3 is 10.1 Å². The molecular formula is C27H29N3O2. The Labute approximate surface area is 189 Å². The fraction of sp³-hybridized carbons (Fsp3) is 0.259. The van der Waals surface area contributed by atoms with Crippen molar-refractivity contribution in [2.24, 2.45) is 0 Å². The van der Waals surface area contributed by atoms with Crippen molar-refractivity contribution < 1.29 is 9.53 Å². The van der Waals surface area contributed by atoms with E-state index >= 15 is 0 Å². The van der Waals surface area contributed by atoms with Gasteiger partial charge in [-0.2, -0.15) is 0 Å². The average Bonchev–Trinajstić information content (AvgIpc) is 2.85. The summed E-state index contributed by atoms with van der Waals surface area (Å²) in [7, 11) is 0. The molecule has 2 aromatic carbocycles. The number of hydrogen-bond donors (Lipinski definition) is 1. The number of nitrogens with one attached hydrogen (secondary N) is 1. The maximum Gasteiger partial charge on any atom is 0.251 e. The van der Waals surface area contributed by atoms with Crippen LogP contribution in [0.1, 0.15) is 34.5 Å². The highest BCUT2D eigenvalue weighted by atomic mass is 16.5. The average molecular weight is 428 g/mol. The molecule has 0 spiro atoms. The largest absolute Gasteiger partial charge is 0.490 e. The van der Waals surface area contributed by atoms with Crippen molar-refractivity contribution in [3.8, 4) is 5.75 Å². The zero-order valence-electron chi connectivity index (χ0n) is 18.2. The number of rotatable bonds is 8. The molecule has 1 fully saturated rings. The van der Waals surface area contributed by atoms with Crippen molar-refractivity contribution in [2.45, 2.75) is 25.5 Å². The number of pyridine rings is 1. The van der Waals surface area contributed by atoms with Gasteiger partial charge in [0.25, 0.3) is 5.91 Å². The monoisotopic (exact) mass is 427 g/mol. The summed E-state index contributed by atoms with van der Waals surface area (Å²) in [5.41, 5.74) is 2.66. The lowest BCUT2D eigenvalue weighted by Crippen LogP contribution is -2.38. The predicted molar refractivity (Wildman–Crippen MR) is 127 cm³/mol. The van der Waals surface area contributed by atoms with Crippen LogP contribution in [-0.2, 0) is 6.54 Å². The summed E-state index contributed by atoms with van der Waals surface area (Å²) in [5.74, 6) is 0.624. The van der Waals surface area contributed by atoms with Gasteiger partial charge in [-0.15, -0.1) is 0 Å². The highest BCUT2D eigenvalue weighted by Crippen LogP contribution is 2.20. The summed E-state index contributed by atoms with van der Waals surface area (Å²) in [4.78, 5) is 19.2. The van der Waals surface area contributed by atoms with Gasteiger partial charge in [-0.05, 0) is 48.7 Å². The van der Waals surface area contributed by atoms with Crippen LogP contribution in [0.3, 0.4) is 0 Å². The number of carbonyl (C=O) groups excluding carboxylic acids is 1. The van der Waals surface area contributed by atoms with Gasteiger partial charge >= 0.3 is 0 Å². The van der Waals surface area contributed by atoms with Gasteiger partial charge in [-0.25, -0.2) is 0 Å². The number of amides is 1. The molecule has 4 rings (SSSR count). The molecule has 164 valence electrons. The molecule has 0 aliphatic carbocycles. The lowest BCUT2D eigenvalue weighted by molar-refractivity contribution is 0.0945. The predicted octanol–water partition coefficient (Wildman–Crippen LogP) is 4.57. The Balaban J connectivity index is 1.23. The fourth-order valence-electron chi connectivity index (χ4n) is 3.79. The third-order valence-electron chi connectivity index (χ3n) is 5.56. The van der Waals surface area contributed by atoms with Gasteiger partial charge in [0.2, 0.25) is 0 Å². The second kappa shape index (κ2) is 11.3. The molecule has 1 N–H and O–H groups in total. The molecule has 0 bridgehead atoms. The lowest BCUT2D eigenvalue weighted by atomic mass is 10.1. The molecule has 2 heterocycles. The standard InChI is InChI=1S/C27H29N3O2/c31-27(29-21-24-12-4-5-16-28-24)23-11-6-13-26(20-23)32-25-14-18-30(19-15-25)17-7-10-22-8-2-1-3-9-22/h1-13,16,20,25H,14-15,17-19,21H2,(H,29,31)/b10-7+. The van der Waals surface area contributed by atoms with Crippen LogP contribution in [0.4, 0.5) is 0 Å². The summed E-state index contributed by atoms with van der Waals surface area (Å²) >= 11 is 0. The summed E-state index contributed by atoms with van der Waals surface area (Å²) in [6.45, 7) is 3.37. The Kier molecular flexibility index (Phi) is 7.66. The van der Waals surface area contributed by atoms with Gasteiger partial charge in [0.15, 0.2) is 0 Å². The second-order valence-corrected chi connectivity index (χ2v) is 7.96. The third-order valence-corrected chi connectivity index (χ3v) is 5.56. The van der Waals surface area contributed by atoms with E-state index in [0.717, 1.165) is 43.9 Å². The first kappa shape index (κ1) is 21.8. The zero-order valence-corrected chi connectivity index (χ0v) is 18.2. The van der Waals surface area contributed by atoms with Crippen LogP contribution in [-0.4, -0.2) is 41.5 Å². The Morgan fingerprint density at radius 2 is 1.84 bits per heavy atom. The summed E-state index contributed by atoms with van der Waals surface area (Å²) < 4.78 is 6.19. The molecule has 0 saturated carbocycles. The lowest BCUT2D eigenvalue weighted by Gasteiger charge is -2.31. The molecule has 1 saturated heterocycles. The summed E-state index contributed by atoms with van der Waals surface area (Å²) in [5, 5.41) is 2.91. The molecule has 1 aliphatic rings. The van der Waals surface area contributed by atoms with Crippen LogP contribution >= 0.6 is 0 Å². The Morgan fingerprint density at radius 3 is 2.62 bits per heavy atom. The van der Waals surface area contributed by atoms with E-state index < -0.39 is 0 Å². The minimum absolute atomic E-state index is 0.124. The van der Waals surface area contributed by atoms with E-state index in [9.17, 15) is 4.79 Å². The number of piperidine rings is 1. The SMILES string of the molecule is O=C(NCc1ccccn1)c1cccc(OC2CCN(C/C=C/c3ccccc3)CC2)c1. The molecular weight excluding hydrogens is 398 g/mol. The van der Waals surface area contributed by atoms with Crippen molar-refractivity contribution in [1.82, 2.24) is 15.2 Å². The van der Waals surface area contributed by atoms with Crippen molar-refractivity contribution in [3.05, 3.63) is 102 Å². The number of nitrogens with zero attached hydrogens (tertiary/aromatic N) is 2. The Bertz CT molecular complexity index is 1010. The van der Waals surface area contributed by atoms with Gasteiger partial charge in [-0.3, -0.25) is 14.7 Å². The molecule has 1 amide bonds. The van der Waals surface area contributed by atoms with E-state index in [1.165, 1.54) is 5.56 Å². The molecule has 3 aromatic rings. The van der Waals surface area contributed by atoms with E-state index in [2.05, 4.69) is 51.6 Å². The van der Waals surface area contributed by atoms with Gasteiger partial charge in [0.05, 0.1) is 12.2 Å². The zero-order chi connectivity index (χ0) is 22.0. The van der Waals surface area contributed by atoms with E-state index in [1.54, 1.807) is 6.20 Å². The quantitative estimate of drug-likeness (QED) is 0.572. The van der Waals surface area contributed by atoms with Crippen molar-refractivity contribution in [1.29, 1.82) is 0 Å². The highest BCUT2D eigenvalue weighted by Gasteiger charge is 2.20. The van der Waals surface area contributed by atoms with Gasteiger partial charge in [0, 0.05) is 31.4 Å². The van der Waals surface area contributed by atoms with Crippen LogP contribution in [0.25, 0.3) is 6.08 Å². The Hall–Kier alpha value is -3.44. The normalized spacial score (nSPS) is 15.0. The number of aromatic nitrogens is 1. The maximum absolute atomic E-state index is 12.5. The molecule has 0 unspecified atom stereocenters. The van der Waals surface area contributed by atoms with Crippen LogP contribution < -0.4 is 10.1 Å². The molecule has 5 nitrogen and oxygen atoms in total. The van der Waals surface area contributed by atoms with E-state index in [-0.39, 0.29) is 12.0 Å². The Morgan fingerprint density at radius 1 is 1.03 bits per heavy atom. The van der Waals surface area contributed by atoms with Crippen molar-refractivity contribution in [2.75, 3.05) is 19.6 Å². The molecule has 5 heteroatoms. The van der Waals surface area contributed by atoms with Crippen LogP contribution in [0.15, 0.2) is 85.1 Å². The molecule has 1 aliphatic heterocycles. The highest BCUT2D eigenvalue weighted by molar-refractivity contribution is 5.94. The van der Waals surface area contributed by atoms with E-state index in [4.69, 9.17) is 4.74 Å². The van der Waals surface area contributed by atoms with Crippen LogP contribution in [0.5, 0.6) is 5.75 Å². The first-order valence-corrected chi connectivity index (χ1v) is 11.1. The van der Waals surface area contributed by atoms with Gasteiger partial charge in [0.1, 0.15) is 11.9 Å². The first-order chi connectivity index (χ1) is 15.8. The number of carbonyl (C=O) groups is 1. The number of ether oxygens (including phenoxy) is 1. The minimum atomic E-state index is -0.124. The second-order valence-electron chi connectivity index (χ2n) is 7.96. The first-order valence-electron chi connectivity index (χ1n) is 11.1. The van der Waals surface area contributed by atoms with Crippen molar-refractivity contribution in [3.63, 3.8) is 0 Å².